The third kappa shape index (κ3) is 4.56. The minimum Gasteiger partial charge on any atom is -0.493 e. The number of hydrogen-bond acceptors (Lipinski definition) is 3. The van der Waals surface area contributed by atoms with Crippen molar-refractivity contribution in [2.24, 2.45) is 0 Å². The zero-order chi connectivity index (χ0) is 19.9. The van der Waals surface area contributed by atoms with E-state index in [1.165, 1.54) is 5.52 Å². The molecule has 2 aromatic carbocycles. The van der Waals surface area contributed by atoms with E-state index in [0.29, 0.717) is 12.5 Å². The third-order valence-electron chi connectivity index (χ3n) is 4.78. The summed E-state index contributed by atoms with van der Waals surface area (Å²) in [5.74, 6) is 3.14. The first-order valence-electron chi connectivity index (χ1n) is 10.0. The van der Waals surface area contributed by atoms with Gasteiger partial charge in [-0.1, -0.05) is 44.2 Å². The molecule has 0 saturated carbocycles. The van der Waals surface area contributed by atoms with Crippen LogP contribution in [0.3, 0.4) is 0 Å². The van der Waals surface area contributed by atoms with E-state index in [1.54, 1.807) is 7.11 Å². The molecule has 0 aliphatic heterocycles. The Morgan fingerprint density at radius 1 is 1.07 bits per heavy atom. The van der Waals surface area contributed by atoms with Gasteiger partial charge < -0.3 is 14.0 Å². The molecule has 4 heteroatoms. The summed E-state index contributed by atoms with van der Waals surface area (Å²) in [7, 11) is 1.68. The number of unbranched alkanes of at least 4 members (excludes halogenated alkanes) is 1. The Bertz CT molecular complexity index is 941. The Balaban J connectivity index is 1.58. The van der Waals surface area contributed by atoms with Gasteiger partial charge in [-0.05, 0) is 49.6 Å². The predicted molar refractivity (Wildman–Crippen MR) is 116 cm³/mol. The summed E-state index contributed by atoms with van der Waals surface area (Å²) < 4.78 is 13.8. The summed E-state index contributed by atoms with van der Waals surface area (Å²) in [6, 6.07) is 14.4. The van der Waals surface area contributed by atoms with Gasteiger partial charge in [-0.2, -0.15) is 0 Å². The van der Waals surface area contributed by atoms with Crippen molar-refractivity contribution in [3.05, 3.63) is 59.9 Å². The molecule has 0 amide bonds. The number of allylic oxidation sites excluding steroid dienone is 1. The lowest BCUT2D eigenvalue weighted by Gasteiger charge is -2.13. The smallest absolute Gasteiger partial charge is 0.161 e. The fraction of sp³-hybridized carbons (Fsp3) is 0.375. The van der Waals surface area contributed by atoms with Gasteiger partial charge in [0, 0.05) is 12.5 Å². The Kier molecular flexibility index (Phi) is 6.75. The summed E-state index contributed by atoms with van der Waals surface area (Å²) in [6.45, 7) is 8.03. The molecule has 1 aromatic heterocycles. The van der Waals surface area contributed by atoms with Gasteiger partial charge in [0.1, 0.15) is 5.82 Å². The van der Waals surface area contributed by atoms with Crippen molar-refractivity contribution >= 4 is 17.1 Å². The topological polar surface area (TPSA) is 36.3 Å². The van der Waals surface area contributed by atoms with Crippen molar-refractivity contribution in [3.8, 4) is 11.5 Å². The molecular formula is C24H30N2O2. The molecule has 0 N–H and O–H groups in total. The molecule has 0 fully saturated rings. The zero-order valence-corrected chi connectivity index (χ0v) is 17.3. The number of para-hydroxylation sites is 2. The molecule has 1 heterocycles. The fourth-order valence-electron chi connectivity index (χ4n) is 3.42. The van der Waals surface area contributed by atoms with Gasteiger partial charge in [-0.15, -0.1) is 0 Å². The molecule has 0 saturated heterocycles. The second kappa shape index (κ2) is 9.45. The van der Waals surface area contributed by atoms with Crippen LogP contribution in [0.2, 0.25) is 0 Å². The molecule has 0 spiro atoms. The van der Waals surface area contributed by atoms with Crippen LogP contribution in [0.5, 0.6) is 11.5 Å². The van der Waals surface area contributed by atoms with Crippen LogP contribution in [-0.2, 0) is 6.54 Å². The highest BCUT2D eigenvalue weighted by Gasteiger charge is 2.13. The summed E-state index contributed by atoms with van der Waals surface area (Å²) in [4.78, 5) is 4.81. The van der Waals surface area contributed by atoms with Crippen molar-refractivity contribution < 1.29 is 9.47 Å². The zero-order valence-electron chi connectivity index (χ0n) is 17.3. The molecular weight excluding hydrogens is 348 g/mol. The van der Waals surface area contributed by atoms with Gasteiger partial charge in [0.2, 0.25) is 0 Å². The van der Waals surface area contributed by atoms with Crippen molar-refractivity contribution in [2.75, 3.05) is 13.7 Å². The summed E-state index contributed by atoms with van der Waals surface area (Å²) in [5.41, 5.74) is 3.40. The molecule has 148 valence electrons. The highest BCUT2D eigenvalue weighted by Crippen LogP contribution is 2.29. The number of rotatable bonds is 9. The van der Waals surface area contributed by atoms with Crippen LogP contribution in [-0.4, -0.2) is 23.3 Å². The minimum absolute atomic E-state index is 0.406. The largest absolute Gasteiger partial charge is 0.493 e. The van der Waals surface area contributed by atoms with E-state index in [4.69, 9.17) is 14.5 Å². The maximum absolute atomic E-state index is 5.97. The molecule has 4 nitrogen and oxygen atoms in total. The Morgan fingerprint density at radius 2 is 1.89 bits per heavy atom. The number of methoxy groups -OCH3 is 1. The van der Waals surface area contributed by atoms with Crippen LogP contribution in [0.1, 0.15) is 50.9 Å². The lowest BCUT2D eigenvalue weighted by atomic mass is 10.2. The first-order chi connectivity index (χ1) is 13.6. The number of ether oxygens (including phenoxy) is 2. The first-order valence-corrected chi connectivity index (χ1v) is 10.0. The van der Waals surface area contributed by atoms with Crippen LogP contribution in [0.25, 0.3) is 17.1 Å². The van der Waals surface area contributed by atoms with Crippen LogP contribution >= 0.6 is 0 Å². The molecule has 3 rings (SSSR count). The van der Waals surface area contributed by atoms with Crippen molar-refractivity contribution in [2.45, 2.75) is 46.1 Å². The molecule has 0 aliphatic carbocycles. The van der Waals surface area contributed by atoms with Gasteiger partial charge in [-0.3, -0.25) is 0 Å². The highest BCUT2D eigenvalue weighted by atomic mass is 16.5. The summed E-state index contributed by atoms with van der Waals surface area (Å²) in [6.07, 6.45) is 6.08. The van der Waals surface area contributed by atoms with E-state index < -0.39 is 0 Å². The summed E-state index contributed by atoms with van der Waals surface area (Å²) >= 11 is 0. The Morgan fingerprint density at radius 3 is 2.64 bits per heavy atom. The van der Waals surface area contributed by atoms with E-state index in [2.05, 4.69) is 36.6 Å². The number of aromatic nitrogens is 2. The van der Waals surface area contributed by atoms with Crippen LogP contribution in [0.15, 0.2) is 48.5 Å². The molecule has 0 radical (unpaired) electrons. The van der Waals surface area contributed by atoms with E-state index in [1.807, 2.05) is 43.3 Å². The average Bonchev–Trinajstić information content (AvgIpc) is 3.08. The number of aryl methyl sites for hydroxylation is 1. The maximum Gasteiger partial charge on any atom is 0.161 e. The van der Waals surface area contributed by atoms with E-state index in [9.17, 15) is 0 Å². The van der Waals surface area contributed by atoms with Gasteiger partial charge in [-0.25, -0.2) is 4.98 Å². The minimum atomic E-state index is 0.406. The number of imidazole rings is 1. The SMILES string of the molecule is C/C=C/c1ccc(OCCCCn2c(C(C)C)nc3ccccc32)c(OC)c1. The van der Waals surface area contributed by atoms with Crippen molar-refractivity contribution in [1.29, 1.82) is 0 Å². The number of nitrogens with zero attached hydrogens (tertiary/aromatic N) is 2. The van der Waals surface area contributed by atoms with Crippen LogP contribution in [0.4, 0.5) is 0 Å². The van der Waals surface area contributed by atoms with Crippen molar-refractivity contribution in [1.82, 2.24) is 9.55 Å². The second-order valence-corrected chi connectivity index (χ2v) is 7.23. The first kappa shape index (κ1) is 20.0. The lowest BCUT2D eigenvalue weighted by molar-refractivity contribution is 0.283. The Labute approximate surface area is 167 Å². The van der Waals surface area contributed by atoms with Gasteiger partial charge in [0.25, 0.3) is 0 Å². The second-order valence-electron chi connectivity index (χ2n) is 7.23. The summed E-state index contributed by atoms with van der Waals surface area (Å²) in [5, 5.41) is 0. The normalized spacial score (nSPS) is 11.6. The molecule has 28 heavy (non-hydrogen) atoms. The fourth-order valence-corrected chi connectivity index (χ4v) is 3.42. The van der Waals surface area contributed by atoms with Gasteiger partial charge in [0.15, 0.2) is 11.5 Å². The average molecular weight is 379 g/mol. The third-order valence-corrected chi connectivity index (χ3v) is 4.78. The molecule has 0 atom stereocenters. The van der Waals surface area contributed by atoms with Crippen LogP contribution in [0, 0.1) is 0 Å². The predicted octanol–water partition coefficient (Wildman–Crippen LogP) is 6.06. The van der Waals surface area contributed by atoms with Gasteiger partial charge in [0.05, 0.1) is 24.8 Å². The quantitative estimate of drug-likeness (QED) is 0.425. The Hall–Kier alpha value is -2.75. The molecule has 0 aliphatic rings. The standard InChI is InChI=1S/C24H30N2O2/c1-5-10-19-13-14-22(23(17-19)27-4)28-16-9-8-15-26-21-12-7-6-11-20(21)25-24(26)18(2)3/h5-7,10-14,17-18H,8-9,15-16H2,1-4H3/b10-5+. The number of hydrogen-bond donors (Lipinski definition) is 0. The van der Waals surface area contributed by atoms with E-state index in [0.717, 1.165) is 47.8 Å². The maximum atomic E-state index is 5.97. The van der Waals surface area contributed by atoms with Gasteiger partial charge >= 0.3 is 0 Å². The number of fused-ring (bicyclic) bond motifs is 1. The highest BCUT2D eigenvalue weighted by molar-refractivity contribution is 5.76. The van der Waals surface area contributed by atoms with Crippen molar-refractivity contribution in [3.63, 3.8) is 0 Å². The monoisotopic (exact) mass is 378 g/mol. The lowest BCUT2D eigenvalue weighted by Crippen LogP contribution is -2.07. The van der Waals surface area contributed by atoms with E-state index in [-0.39, 0.29) is 0 Å². The van der Waals surface area contributed by atoms with Crippen LogP contribution < -0.4 is 9.47 Å². The molecule has 0 bridgehead atoms. The number of benzene rings is 2. The molecule has 0 unspecified atom stereocenters. The van der Waals surface area contributed by atoms with E-state index >= 15 is 0 Å². The molecule has 3 aromatic rings.